The number of non-ortho nitro benzene ring substituents is 2. The Bertz CT molecular complexity index is 1170. The second-order valence-electron chi connectivity index (χ2n) is 5.78. The van der Waals surface area contributed by atoms with Crippen molar-refractivity contribution in [2.75, 3.05) is 0 Å². The lowest BCUT2D eigenvalue weighted by molar-refractivity contribution is -0.385. The highest BCUT2D eigenvalue weighted by Gasteiger charge is 2.19. The van der Waals surface area contributed by atoms with E-state index in [4.69, 9.17) is 9.15 Å². The SMILES string of the molecule is O=[N+]([O-])c1ccc(Oc2ccc([N+](=O)[O-])cc2-c2nc3ccccc3o2)cc1. The number of aromatic nitrogens is 1. The topological polar surface area (TPSA) is 122 Å². The second kappa shape index (κ2) is 6.80. The fourth-order valence-electron chi connectivity index (χ4n) is 2.64. The first kappa shape index (κ1) is 17.2. The second-order valence-corrected chi connectivity index (χ2v) is 5.78. The Kier molecular flexibility index (Phi) is 4.17. The van der Waals surface area contributed by atoms with Gasteiger partial charge in [0.15, 0.2) is 5.58 Å². The van der Waals surface area contributed by atoms with E-state index in [1.807, 2.05) is 0 Å². The summed E-state index contributed by atoms with van der Waals surface area (Å²) in [5.41, 5.74) is 1.21. The van der Waals surface area contributed by atoms with Crippen molar-refractivity contribution in [1.29, 1.82) is 0 Å². The average molecular weight is 377 g/mol. The zero-order valence-corrected chi connectivity index (χ0v) is 14.1. The van der Waals surface area contributed by atoms with Gasteiger partial charge in [0.2, 0.25) is 5.89 Å². The van der Waals surface area contributed by atoms with Crippen LogP contribution in [0.3, 0.4) is 0 Å². The van der Waals surface area contributed by atoms with Gasteiger partial charge in [0.05, 0.1) is 15.4 Å². The summed E-state index contributed by atoms with van der Waals surface area (Å²) >= 11 is 0. The molecule has 0 aliphatic rings. The minimum Gasteiger partial charge on any atom is -0.457 e. The van der Waals surface area contributed by atoms with Crippen molar-refractivity contribution in [1.82, 2.24) is 4.98 Å². The lowest BCUT2D eigenvalue weighted by Crippen LogP contribution is -1.93. The van der Waals surface area contributed by atoms with Crippen LogP contribution >= 0.6 is 0 Å². The van der Waals surface area contributed by atoms with Crippen molar-refractivity contribution in [3.8, 4) is 23.0 Å². The summed E-state index contributed by atoms with van der Waals surface area (Å²) in [7, 11) is 0. The van der Waals surface area contributed by atoms with E-state index in [-0.39, 0.29) is 23.0 Å². The minimum atomic E-state index is -0.526. The first-order valence-corrected chi connectivity index (χ1v) is 8.08. The van der Waals surface area contributed by atoms with Gasteiger partial charge in [-0.05, 0) is 30.3 Å². The maximum atomic E-state index is 11.2. The number of rotatable bonds is 5. The molecule has 4 aromatic rings. The fourth-order valence-corrected chi connectivity index (χ4v) is 2.64. The normalized spacial score (nSPS) is 10.7. The van der Waals surface area contributed by atoms with Gasteiger partial charge >= 0.3 is 0 Å². The van der Waals surface area contributed by atoms with E-state index >= 15 is 0 Å². The predicted molar refractivity (Wildman–Crippen MR) is 99.3 cm³/mol. The van der Waals surface area contributed by atoms with E-state index in [1.54, 1.807) is 24.3 Å². The van der Waals surface area contributed by atoms with Gasteiger partial charge in [-0.2, -0.15) is 0 Å². The van der Waals surface area contributed by atoms with E-state index in [2.05, 4.69) is 4.98 Å². The van der Waals surface area contributed by atoms with Gasteiger partial charge in [-0.3, -0.25) is 20.2 Å². The van der Waals surface area contributed by atoms with Crippen molar-refractivity contribution in [2.24, 2.45) is 0 Å². The van der Waals surface area contributed by atoms with Crippen molar-refractivity contribution < 1.29 is 19.0 Å². The Hall–Kier alpha value is -4.27. The number of fused-ring (bicyclic) bond motifs is 1. The molecule has 0 atom stereocenters. The maximum absolute atomic E-state index is 11.2. The highest BCUT2D eigenvalue weighted by molar-refractivity contribution is 5.78. The number of hydrogen-bond acceptors (Lipinski definition) is 7. The van der Waals surface area contributed by atoms with Crippen LogP contribution in [-0.4, -0.2) is 14.8 Å². The van der Waals surface area contributed by atoms with Crippen molar-refractivity contribution in [3.63, 3.8) is 0 Å². The number of oxazole rings is 1. The van der Waals surface area contributed by atoms with E-state index in [0.717, 1.165) is 0 Å². The average Bonchev–Trinajstić information content (AvgIpc) is 3.12. The highest BCUT2D eigenvalue weighted by atomic mass is 16.6. The Morgan fingerprint density at radius 2 is 1.54 bits per heavy atom. The molecule has 0 aliphatic carbocycles. The molecule has 9 heteroatoms. The minimum absolute atomic E-state index is 0.0739. The molecule has 28 heavy (non-hydrogen) atoms. The van der Waals surface area contributed by atoms with Gasteiger partial charge in [0.1, 0.15) is 17.0 Å². The third kappa shape index (κ3) is 3.23. The molecule has 0 N–H and O–H groups in total. The highest BCUT2D eigenvalue weighted by Crippen LogP contribution is 2.37. The number of nitro benzene ring substituents is 2. The van der Waals surface area contributed by atoms with Gasteiger partial charge in [-0.15, -0.1) is 0 Å². The smallest absolute Gasteiger partial charge is 0.270 e. The maximum Gasteiger partial charge on any atom is 0.270 e. The van der Waals surface area contributed by atoms with Gasteiger partial charge < -0.3 is 9.15 Å². The molecule has 0 bridgehead atoms. The molecule has 3 aromatic carbocycles. The molecule has 0 unspecified atom stereocenters. The van der Waals surface area contributed by atoms with Gasteiger partial charge in [0, 0.05) is 24.3 Å². The van der Waals surface area contributed by atoms with Crippen molar-refractivity contribution in [3.05, 3.63) is 87.0 Å². The van der Waals surface area contributed by atoms with Crippen LogP contribution in [0.25, 0.3) is 22.6 Å². The monoisotopic (exact) mass is 377 g/mol. The van der Waals surface area contributed by atoms with Crippen LogP contribution < -0.4 is 4.74 Å². The summed E-state index contributed by atoms with van der Waals surface area (Å²) in [6, 6.07) is 16.6. The molecular formula is C19H11N3O6. The molecule has 9 nitrogen and oxygen atoms in total. The molecule has 0 radical (unpaired) electrons. The van der Waals surface area contributed by atoms with Crippen LogP contribution in [-0.2, 0) is 0 Å². The molecule has 0 saturated carbocycles. The summed E-state index contributed by atoms with van der Waals surface area (Å²) in [5.74, 6) is 0.768. The number of nitrogens with zero attached hydrogens (tertiary/aromatic N) is 3. The number of ether oxygens (including phenoxy) is 1. The van der Waals surface area contributed by atoms with Crippen LogP contribution in [0.1, 0.15) is 0 Å². The molecule has 0 spiro atoms. The van der Waals surface area contributed by atoms with E-state index < -0.39 is 9.85 Å². The Balaban J connectivity index is 1.78. The largest absolute Gasteiger partial charge is 0.457 e. The summed E-state index contributed by atoms with van der Waals surface area (Å²) in [6.45, 7) is 0. The van der Waals surface area contributed by atoms with E-state index in [0.29, 0.717) is 22.4 Å². The zero-order chi connectivity index (χ0) is 19.7. The molecule has 1 heterocycles. The van der Waals surface area contributed by atoms with Crippen LogP contribution in [0.4, 0.5) is 11.4 Å². The third-order valence-electron chi connectivity index (χ3n) is 3.97. The molecular weight excluding hydrogens is 366 g/mol. The van der Waals surface area contributed by atoms with Gasteiger partial charge in [0.25, 0.3) is 11.4 Å². The van der Waals surface area contributed by atoms with Crippen LogP contribution in [0, 0.1) is 20.2 Å². The third-order valence-corrected chi connectivity index (χ3v) is 3.97. The summed E-state index contributed by atoms with van der Waals surface area (Å²) in [4.78, 5) is 25.3. The van der Waals surface area contributed by atoms with Crippen molar-refractivity contribution in [2.45, 2.75) is 0 Å². The predicted octanol–water partition coefficient (Wildman–Crippen LogP) is 5.10. The Morgan fingerprint density at radius 1 is 0.857 bits per heavy atom. The number of para-hydroxylation sites is 2. The Labute approximate surface area is 157 Å². The van der Waals surface area contributed by atoms with Crippen LogP contribution in [0.5, 0.6) is 11.5 Å². The molecule has 4 rings (SSSR count). The summed E-state index contributed by atoms with van der Waals surface area (Å²) < 4.78 is 11.5. The van der Waals surface area contributed by atoms with Crippen LogP contribution in [0.15, 0.2) is 71.1 Å². The molecule has 0 saturated heterocycles. The quantitative estimate of drug-likeness (QED) is 0.350. The number of nitro groups is 2. The zero-order valence-electron chi connectivity index (χ0n) is 14.1. The fraction of sp³-hybridized carbons (Fsp3) is 0. The Morgan fingerprint density at radius 3 is 2.21 bits per heavy atom. The van der Waals surface area contributed by atoms with Gasteiger partial charge in [-0.25, -0.2) is 4.98 Å². The molecule has 1 aromatic heterocycles. The van der Waals surface area contributed by atoms with Crippen LogP contribution in [0.2, 0.25) is 0 Å². The summed E-state index contributed by atoms with van der Waals surface area (Å²) in [6.07, 6.45) is 0. The molecule has 138 valence electrons. The lowest BCUT2D eigenvalue weighted by Gasteiger charge is -2.09. The molecule has 0 amide bonds. The number of hydrogen-bond donors (Lipinski definition) is 0. The molecule has 0 aliphatic heterocycles. The lowest BCUT2D eigenvalue weighted by atomic mass is 10.1. The van der Waals surface area contributed by atoms with E-state index in [1.165, 1.54) is 42.5 Å². The first-order chi connectivity index (χ1) is 13.5. The first-order valence-electron chi connectivity index (χ1n) is 8.08. The van der Waals surface area contributed by atoms with Crippen molar-refractivity contribution >= 4 is 22.5 Å². The standard InChI is InChI=1S/C19H11N3O6/c23-21(24)12-5-8-14(9-6-12)27-17-10-7-13(22(25)26)11-15(17)19-20-16-3-1-2-4-18(16)28-19/h1-11H. The number of benzene rings is 3. The molecule has 0 fully saturated rings. The van der Waals surface area contributed by atoms with E-state index in [9.17, 15) is 20.2 Å². The summed E-state index contributed by atoms with van der Waals surface area (Å²) in [5, 5.41) is 22.0. The van der Waals surface area contributed by atoms with Gasteiger partial charge in [-0.1, -0.05) is 12.1 Å².